The quantitative estimate of drug-likeness (QED) is 0.786. The van der Waals surface area contributed by atoms with Crippen LogP contribution < -0.4 is 10.2 Å². The van der Waals surface area contributed by atoms with Crippen LogP contribution in [-0.4, -0.2) is 18.6 Å². The summed E-state index contributed by atoms with van der Waals surface area (Å²) < 4.78 is 0. The molecular weight excluding hydrogens is 278 g/mol. The highest BCUT2D eigenvalue weighted by Crippen LogP contribution is 2.24. The maximum Gasteiger partial charge on any atom is 0.133 e. The third-order valence-corrected chi connectivity index (χ3v) is 4.38. The summed E-state index contributed by atoms with van der Waals surface area (Å²) >= 11 is 1.80. The maximum atomic E-state index is 4.78. The number of hydrogen-bond acceptors (Lipinski definition) is 4. The number of aryl methyl sites for hydroxylation is 2. The molecule has 0 fully saturated rings. The molecule has 0 bridgehead atoms. The summed E-state index contributed by atoms with van der Waals surface area (Å²) in [5, 5.41) is 5.63. The lowest BCUT2D eigenvalue weighted by atomic mass is 10.1. The van der Waals surface area contributed by atoms with Crippen molar-refractivity contribution in [3.05, 3.63) is 45.3 Å². The van der Waals surface area contributed by atoms with Crippen LogP contribution in [0.2, 0.25) is 0 Å². The summed E-state index contributed by atoms with van der Waals surface area (Å²) in [6.07, 6.45) is 1.15. The highest BCUT2D eigenvalue weighted by Gasteiger charge is 2.13. The molecule has 1 N–H and O–H groups in total. The Labute approximate surface area is 132 Å². The van der Waals surface area contributed by atoms with Crippen molar-refractivity contribution >= 4 is 17.2 Å². The second kappa shape index (κ2) is 7.57. The Kier molecular flexibility index (Phi) is 5.76. The highest BCUT2D eigenvalue weighted by molar-refractivity contribution is 7.09. The molecule has 0 aliphatic heterocycles. The van der Waals surface area contributed by atoms with E-state index in [2.05, 4.69) is 61.6 Å². The third kappa shape index (κ3) is 4.29. The van der Waals surface area contributed by atoms with Gasteiger partial charge in [0.1, 0.15) is 5.82 Å². The Bertz CT molecular complexity index is 564. The second-order valence-electron chi connectivity index (χ2n) is 5.49. The molecule has 0 unspecified atom stereocenters. The van der Waals surface area contributed by atoms with E-state index in [9.17, 15) is 0 Å². The maximum absolute atomic E-state index is 4.78. The fraction of sp³-hybridized carbons (Fsp3) is 0.471. The van der Waals surface area contributed by atoms with Crippen LogP contribution in [0.1, 0.15) is 35.0 Å². The lowest BCUT2D eigenvalue weighted by molar-refractivity contribution is 0.669. The zero-order valence-electron chi connectivity index (χ0n) is 13.4. The highest BCUT2D eigenvalue weighted by atomic mass is 32.1. The van der Waals surface area contributed by atoms with Crippen LogP contribution in [-0.2, 0) is 13.1 Å². The minimum absolute atomic E-state index is 0.886. The van der Waals surface area contributed by atoms with Crippen molar-refractivity contribution in [3.8, 4) is 0 Å². The van der Waals surface area contributed by atoms with E-state index >= 15 is 0 Å². The number of pyridine rings is 1. The van der Waals surface area contributed by atoms with E-state index in [0.29, 0.717) is 0 Å². The normalized spacial score (nSPS) is 10.9. The van der Waals surface area contributed by atoms with Gasteiger partial charge < -0.3 is 10.2 Å². The molecule has 2 aromatic heterocycles. The molecule has 4 heteroatoms. The van der Waals surface area contributed by atoms with Gasteiger partial charge >= 0.3 is 0 Å². The smallest absolute Gasteiger partial charge is 0.133 e. The summed E-state index contributed by atoms with van der Waals surface area (Å²) in [5.74, 6) is 1.10. The van der Waals surface area contributed by atoms with Crippen LogP contribution in [0.15, 0.2) is 23.6 Å². The summed E-state index contributed by atoms with van der Waals surface area (Å²) in [5.41, 5.74) is 3.71. The van der Waals surface area contributed by atoms with Gasteiger partial charge in [-0.2, -0.15) is 0 Å². The van der Waals surface area contributed by atoms with Crippen LogP contribution in [0.3, 0.4) is 0 Å². The molecule has 0 radical (unpaired) electrons. The van der Waals surface area contributed by atoms with E-state index in [1.807, 2.05) is 0 Å². The van der Waals surface area contributed by atoms with Gasteiger partial charge in [0, 0.05) is 29.7 Å². The first kappa shape index (κ1) is 16.0. The minimum Gasteiger partial charge on any atom is -0.354 e. The molecule has 0 amide bonds. The zero-order valence-corrected chi connectivity index (χ0v) is 14.3. The van der Waals surface area contributed by atoms with Crippen molar-refractivity contribution in [2.24, 2.45) is 0 Å². The van der Waals surface area contributed by atoms with Gasteiger partial charge in [0.15, 0.2) is 0 Å². The van der Waals surface area contributed by atoms with Gasteiger partial charge in [-0.1, -0.05) is 13.0 Å². The van der Waals surface area contributed by atoms with Gasteiger partial charge in [-0.15, -0.1) is 11.3 Å². The molecule has 3 nitrogen and oxygen atoms in total. The predicted molar refractivity (Wildman–Crippen MR) is 92.1 cm³/mol. The van der Waals surface area contributed by atoms with Crippen molar-refractivity contribution in [1.82, 2.24) is 10.3 Å². The Balaban J connectivity index is 2.22. The molecule has 0 aromatic carbocycles. The Morgan fingerprint density at radius 1 is 1.33 bits per heavy atom. The van der Waals surface area contributed by atoms with Gasteiger partial charge in [-0.05, 0) is 49.9 Å². The third-order valence-electron chi connectivity index (χ3n) is 3.52. The van der Waals surface area contributed by atoms with Gasteiger partial charge in [0.05, 0.1) is 6.54 Å². The van der Waals surface area contributed by atoms with Crippen LogP contribution >= 0.6 is 11.3 Å². The Morgan fingerprint density at radius 2 is 2.14 bits per heavy atom. The molecular formula is C17H25N3S. The summed E-state index contributed by atoms with van der Waals surface area (Å²) in [6.45, 7) is 9.28. The van der Waals surface area contributed by atoms with Crippen LogP contribution in [0.4, 0.5) is 5.82 Å². The molecule has 0 saturated carbocycles. The molecule has 114 valence electrons. The SMILES string of the molecule is CCCNCc1c(C)cc(C)nc1N(C)Cc1cccs1. The molecule has 2 heterocycles. The fourth-order valence-corrected chi connectivity index (χ4v) is 3.24. The number of rotatable bonds is 7. The lowest BCUT2D eigenvalue weighted by Gasteiger charge is -2.23. The van der Waals surface area contributed by atoms with Gasteiger partial charge in [0.25, 0.3) is 0 Å². The van der Waals surface area contributed by atoms with Crippen molar-refractivity contribution in [2.45, 2.75) is 40.3 Å². The molecule has 0 spiro atoms. The fourth-order valence-electron chi connectivity index (χ4n) is 2.48. The van der Waals surface area contributed by atoms with Gasteiger partial charge in [-0.3, -0.25) is 0 Å². The number of nitrogens with zero attached hydrogens (tertiary/aromatic N) is 2. The molecule has 2 rings (SSSR count). The van der Waals surface area contributed by atoms with Crippen LogP contribution in [0.5, 0.6) is 0 Å². The van der Waals surface area contributed by atoms with E-state index in [0.717, 1.165) is 37.6 Å². The molecule has 0 atom stereocenters. The standard InChI is InChI=1S/C17H25N3S/c1-5-8-18-11-16-13(2)10-14(3)19-17(16)20(4)12-15-7-6-9-21-15/h6-7,9-10,18H,5,8,11-12H2,1-4H3. The van der Waals surface area contributed by atoms with E-state index in [-0.39, 0.29) is 0 Å². The number of anilines is 1. The zero-order chi connectivity index (χ0) is 15.2. The van der Waals surface area contributed by atoms with E-state index < -0.39 is 0 Å². The number of nitrogens with one attached hydrogen (secondary N) is 1. The Hall–Kier alpha value is -1.39. The molecule has 0 aliphatic rings. The first-order chi connectivity index (χ1) is 10.1. The molecule has 0 saturated heterocycles. The lowest BCUT2D eigenvalue weighted by Crippen LogP contribution is -2.23. The van der Waals surface area contributed by atoms with E-state index in [1.54, 1.807) is 11.3 Å². The van der Waals surface area contributed by atoms with Crippen molar-refractivity contribution < 1.29 is 0 Å². The average molecular weight is 303 g/mol. The average Bonchev–Trinajstić information content (AvgIpc) is 2.93. The van der Waals surface area contributed by atoms with Crippen LogP contribution in [0, 0.1) is 13.8 Å². The van der Waals surface area contributed by atoms with Crippen molar-refractivity contribution in [1.29, 1.82) is 0 Å². The first-order valence-electron chi connectivity index (χ1n) is 7.53. The molecule has 21 heavy (non-hydrogen) atoms. The predicted octanol–water partition coefficient (Wildman–Crippen LogP) is 3.90. The van der Waals surface area contributed by atoms with Crippen LogP contribution in [0.25, 0.3) is 0 Å². The summed E-state index contributed by atoms with van der Waals surface area (Å²) in [6, 6.07) is 6.46. The number of hydrogen-bond donors (Lipinski definition) is 1. The van der Waals surface area contributed by atoms with E-state index in [1.165, 1.54) is 16.0 Å². The minimum atomic E-state index is 0.886. The van der Waals surface area contributed by atoms with E-state index in [4.69, 9.17) is 4.98 Å². The number of thiophene rings is 1. The largest absolute Gasteiger partial charge is 0.354 e. The topological polar surface area (TPSA) is 28.2 Å². The Morgan fingerprint density at radius 3 is 2.81 bits per heavy atom. The first-order valence-corrected chi connectivity index (χ1v) is 8.41. The molecule has 0 aliphatic carbocycles. The van der Waals surface area contributed by atoms with Gasteiger partial charge in [0.2, 0.25) is 0 Å². The summed E-state index contributed by atoms with van der Waals surface area (Å²) in [7, 11) is 2.13. The summed E-state index contributed by atoms with van der Waals surface area (Å²) in [4.78, 5) is 8.41. The second-order valence-corrected chi connectivity index (χ2v) is 6.53. The van der Waals surface area contributed by atoms with Crippen molar-refractivity contribution in [2.75, 3.05) is 18.5 Å². The number of aromatic nitrogens is 1. The van der Waals surface area contributed by atoms with Gasteiger partial charge in [-0.25, -0.2) is 4.98 Å². The van der Waals surface area contributed by atoms with Crippen molar-refractivity contribution in [3.63, 3.8) is 0 Å². The molecule has 2 aromatic rings. The monoisotopic (exact) mass is 303 g/mol.